The summed E-state index contributed by atoms with van der Waals surface area (Å²) in [4.78, 5) is 0. The summed E-state index contributed by atoms with van der Waals surface area (Å²) in [5.41, 5.74) is 0.630. The van der Waals surface area contributed by atoms with Crippen LogP contribution in [0.25, 0.3) is 5.69 Å². The summed E-state index contributed by atoms with van der Waals surface area (Å²) in [6.45, 7) is 0. The van der Waals surface area contributed by atoms with Crippen molar-refractivity contribution in [3.63, 3.8) is 0 Å². The average Bonchev–Trinajstić information content (AvgIpc) is 2.70. The Labute approximate surface area is 115 Å². The Morgan fingerprint density at radius 2 is 2.00 bits per heavy atom. The van der Waals surface area contributed by atoms with Gasteiger partial charge in [-0.2, -0.15) is 9.49 Å². The van der Waals surface area contributed by atoms with E-state index in [0.717, 1.165) is 10.9 Å². The van der Waals surface area contributed by atoms with Crippen LogP contribution in [0.15, 0.2) is 36.5 Å². The van der Waals surface area contributed by atoms with Crippen molar-refractivity contribution >= 4 is 21.4 Å². The predicted octanol–water partition coefficient (Wildman–Crippen LogP) is 2.34. The number of nitrogens with zero attached hydrogens (tertiary/aromatic N) is 2. The van der Waals surface area contributed by atoms with E-state index < -0.39 is 21.2 Å². The largest absolute Gasteiger partial charge is 0.229 e. The normalized spacial score (nSPS) is 13.4. The number of sulfone groups is 1. The minimum Gasteiger partial charge on any atom is -0.229 e. The molecule has 0 aliphatic rings. The van der Waals surface area contributed by atoms with Crippen LogP contribution in [0.2, 0.25) is 0 Å². The number of rotatable bonds is 4. The molecule has 0 bridgehead atoms. The van der Waals surface area contributed by atoms with Crippen LogP contribution in [-0.4, -0.2) is 30.2 Å². The Kier molecular flexibility index (Phi) is 3.91. The smallest absolute Gasteiger partial charge is 0.220 e. The Morgan fingerprint density at radius 1 is 1.37 bits per heavy atom. The van der Waals surface area contributed by atoms with Crippen molar-refractivity contribution in [2.45, 2.75) is 5.38 Å². The third kappa shape index (κ3) is 3.33. The highest BCUT2D eigenvalue weighted by Crippen LogP contribution is 2.25. The van der Waals surface area contributed by atoms with E-state index in [9.17, 15) is 12.8 Å². The van der Waals surface area contributed by atoms with Gasteiger partial charge in [0.05, 0.1) is 23.0 Å². The van der Waals surface area contributed by atoms with Gasteiger partial charge in [0.2, 0.25) is 5.95 Å². The molecule has 0 aliphatic heterocycles. The molecular formula is C12H12ClFN2O2S. The van der Waals surface area contributed by atoms with E-state index in [1.165, 1.54) is 6.20 Å². The maximum Gasteiger partial charge on any atom is 0.220 e. The summed E-state index contributed by atoms with van der Waals surface area (Å²) in [6.07, 6.45) is 2.31. The van der Waals surface area contributed by atoms with Crippen LogP contribution in [0.3, 0.4) is 0 Å². The molecule has 7 heteroatoms. The molecule has 0 saturated carbocycles. The molecule has 4 nitrogen and oxygen atoms in total. The second-order valence-corrected chi connectivity index (χ2v) is 6.91. The Hall–Kier alpha value is -1.40. The molecule has 1 unspecified atom stereocenters. The molecule has 2 rings (SSSR count). The van der Waals surface area contributed by atoms with E-state index in [4.69, 9.17) is 11.6 Å². The van der Waals surface area contributed by atoms with Crippen molar-refractivity contribution in [1.82, 2.24) is 9.78 Å². The summed E-state index contributed by atoms with van der Waals surface area (Å²) in [5.74, 6) is -0.971. The molecule has 0 aliphatic carbocycles. The summed E-state index contributed by atoms with van der Waals surface area (Å²) >= 11 is 5.92. The van der Waals surface area contributed by atoms with Gasteiger partial charge in [-0.15, -0.1) is 11.6 Å². The van der Waals surface area contributed by atoms with E-state index in [2.05, 4.69) is 5.10 Å². The number of hydrogen-bond acceptors (Lipinski definition) is 3. The lowest BCUT2D eigenvalue weighted by Crippen LogP contribution is -2.10. The Morgan fingerprint density at radius 3 is 2.58 bits per heavy atom. The van der Waals surface area contributed by atoms with Gasteiger partial charge in [-0.3, -0.25) is 0 Å². The highest BCUT2D eigenvalue weighted by molar-refractivity contribution is 7.90. The zero-order valence-electron chi connectivity index (χ0n) is 10.1. The predicted molar refractivity (Wildman–Crippen MR) is 71.8 cm³/mol. The van der Waals surface area contributed by atoms with Crippen LogP contribution in [0, 0.1) is 5.95 Å². The lowest BCUT2D eigenvalue weighted by Gasteiger charge is -2.06. The minimum atomic E-state index is -3.28. The van der Waals surface area contributed by atoms with E-state index >= 15 is 0 Å². The third-order valence-corrected chi connectivity index (χ3v) is 4.03. The third-order valence-electron chi connectivity index (χ3n) is 2.52. The van der Waals surface area contributed by atoms with E-state index in [1.54, 1.807) is 30.3 Å². The highest BCUT2D eigenvalue weighted by Gasteiger charge is 2.22. The van der Waals surface area contributed by atoms with Crippen molar-refractivity contribution in [2.24, 2.45) is 0 Å². The van der Waals surface area contributed by atoms with Gasteiger partial charge in [-0.25, -0.2) is 13.1 Å². The molecule has 0 spiro atoms. The van der Waals surface area contributed by atoms with Gasteiger partial charge in [0.25, 0.3) is 0 Å². The number of hydrogen-bond donors (Lipinski definition) is 0. The fourth-order valence-corrected chi connectivity index (χ4v) is 3.21. The summed E-state index contributed by atoms with van der Waals surface area (Å²) in [7, 11) is -3.28. The Balaban J connectivity index is 2.34. The fourth-order valence-electron chi connectivity index (χ4n) is 1.66. The zero-order valence-corrected chi connectivity index (χ0v) is 11.7. The molecule has 0 saturated heterocycles. The number of aromatic nitrogens is 2. The quantitative estimate of drug-likeness (QED) is 0.815. The maximum atomic E-state index is 14.2. The van der Waals surface area contributed by atoms with Crippen LogP contribution >= 0.6 is 11.6 Å². The van der Waals surface area contributed by atoms with Crippen LogP contribution in [0.5, 0.6) is 0 Å². The summed E-state index contributed by atoms with van der Waals surface area (Å²) in [5, 5.41) is 2.95. The molecule has 1 aromatic carbocycles. The molecule has 0 radical (unpaired) electrons. The summed E-state index contributed by atoms with van der Waals surface area (Å²) in [6, 6.07) is 8.70. The lowest BCUT2D eigenvalue weighted by molar-refractivity contribution is 0.526. The molecule has 0 fully saturated rings. The van der Waals surface area contributed by atoms with E-state index in [1.807, 2.05) is 0 Å². The average molecular weight is 303 g/mol. The molecule has 102 valence electrons. The van der Waals surface area contributed by atoms with Crippen LogP contribution in [0.1, 0.15) is 10.9 Å². The molecule has 1 aromatic heterocycles. The topological polar surface area (TPSA) is 52.0 Å². The van der Waals surface area contributed by atoms with Gasteiger partial charge >= 0.3 is 0 Å². The van der Waals surface area contributed by atoms with Gasteiger partial charge in [-0.1, -0.05) is 18.2 Å². The molecule has 0 N–H and O–H groups in total. The molecule has 1 atom stereocenters. The van der Waals surface area contributed by atoms with Crippen molar-refractivity contribution < 1.29 is 12.8 Å². The molecule has 2 aromatic rings. The molecule has 19 heavy (non-hydrogen) atoms. The van der Waals surface area contributed by atoms with Crippen LogP contribution in [-0.2, 0) is 9.84 Å². The van der Waals surface area contributed by atoms with Crippen molar-refractivity contribution in [1.29, 1.82) is 0 Å². The highest BCUT2D eigenvalue weighted by atomic mass is 35.5. The number of benzene rings is 1. The Bertz CT molecular complexity index is 670. The second kappa shape index (κ2) is 5.30. The van der Waals surface area contributed by atoms with Crippen molar-refractivity contribution in [3.8, 4) is 5.69 Å². The standard InChI is InChI=1S/C12H12ClFN2O2S/c1-19(17,18)8-11(13)10-7-15-16(12(10)14)9-5-3-2-4-6-9/h2-7,11H,8H2,1H3. The molecule has 1 heterocycles. The zero-order chi connectivity index (χ0) is 14.0. The van der Waals surface area contributed by atoms with Crippen LogP contribution < -0.4 is 0 Å². The van der Waals surface area contributed by atoms with Gasteiger partial charge in [-0.05, 0) is 12.1 Å². The summed E-state index contributed by atoms with van der Waals surface area (Å²) < 4.78 is 37.6. The minimum absolute atomic E-state index is 0.0796. The van der Waals surface area contributed by atoms with Crippen LogP contribution in [0.4, 0.5) is 4.39 Å². The molecule has 0 amide bonds. The van der Waals surface area contributed by atoms with Gasteiger partial charge in [0.15, 0.2) is 0 Å². The van der Waals surface area contributed by atoms with Gasteiger partial charge in [0.1, 0.15) is 9.84 Å². The van der Waals surface area contributed by atoms with Gasteiger partial charge < -0.3 is 0 Å². The first-order chi connectivity index (χ1) is 8.88. The first kappa shape index (κ1) is 14.0. The number of para-hydroxylation sites is 1. The maximum absolute atomic E-state index is 14.2. The van der Waals surface area contributed by atoms with E-state index in [-0.39, 0.29) is 11.3 Å². The van der Waals surface area contributed by atoms with Crippen molar-refractivity contribution in [3.05, 3.63) is 48.0 Å². The first-order valence-corrected chi connectivity index (χ1v) is 7.99. The van der Waals surface area contributed by atoms with Gasteiger partial charge in [0, 0.05) is 11.8 Å². The van der Waals surface area contributed by atoms with E-state index in [0.29, 0.717) is 5.69 Å². The monoisotopic (exact) mass is 302 g/mol. The van der Waals surface area contributed by atoms with Crippen molar-refractivity contribution in [2.75, 3.05) is 12.0 Å². The second-order valence-electron chi connectivity index (χ2n) is 4.20. The lowest BCUT2D eigenvalue weighted by atomic mass is 10.2. The SMILES string of the molecule is CS(=O)(=O)CC(Cl)c1cnn(-c2ccccc2)c1F. The number of halogens is 2. The fraction of sp³-hybridized carbons (Fsp3) is 0.250. The molecular weight excluding hydrogens is 291 g/mol. The number of alkyl halides is 1. The first-order valence-electron chi connectivity index (χ1n) is 5.49.